The zero-order valence-electron chi connectivity index (χ0n) is 19.3. The lowest BCUT2D eigenvalue weighted by molar-refractivity contribution is -0.0908. The second-order valence-corrected chi connectivity index (χ2v) is 10.2. The minimum absolute atomic E-state index is 0.0987. The topological polar surface area (TPSA) is 116 Å². The van der Waals surface area contributed by atoms with Crippen LogP contribution < -0.4 is 10.2 Å². The molecule has 0 unspecified atom stereocenters. The summed E-state index contributed by atoms with van der Waals surface area (Å²) in [4.78, 5) is 18.2. The summed E-state index contributed by atoms with van der Waals surface area (Å²) in [6.07, 6.45) is 4.51. The van der Waals surface area contributed by atoms with Gasteiger partial charge in [-0.2, -0.15) is 17.8 Å². The molecule has 35 heavy (non-hydrogen) atoms. The summed E-state index contributed by atoms with van der Waals surface area (Å²) in [6, 6.07) is 10.7. The Labute approximate surface area is 202 Å². The van der Waals surface area contributed by atoms with Crippen LogP contribution in [0.1, 0.15) is 0 Å². The third-order valence-electron chi connectivity index (χ3n) is 5.96. The molecule has 2 aromatic carbocycles. The number of benzene rings is 1. The Morgan fingerprint density at radius 1 is 1.17 bits per heavy atom. The Hall–Kier alpha value is -3.38. The summed E-state index contributed by atoms with van der Waals surface area (Å²) >= 11 is 0. The summed E-state index contributed by atoms with van der Waals surface area (Å²) < 4.78 is 43.3. The molecule has 11 heteroatoms. The smallest absolute Gasteiger partial charge is 0.301 e. The maximum Gasteiger partial charge on any atom is 0.301 e. The number of anilines is 1. The van der Waals surface area contributed by atoms with Gasteiger partial charge in [0, 0.05) is 49.5 Å². The molecule has 0 bridgehead atoms. The van der Waals surface area contributed by atoms with Crippen molar-refractivity contribution in [2.24, 2.45) is 7.05 Å². The quantitative estimate of drug-likeness (QED) is 0.436. The van der Waals surface area contributed by atoms with E-state index in [0.717, 1.165) is 9.69 Å². The lowest BCUT2D eigenvalue weighted by Gasteiger charge is -2.27. The van der Waals surface area contributed by atoms with Crippen LogP contribution in [0.5, 0.6) is 0 Å². The van der Waals surface area contributed by atoms with Crippen LogP contribution in [-0.4, -0.2) is 67.0 Å². The standard InChI is InChI=1S/C24H25N5O5S/c1-28-13-17(11-26-28)20-12-25-21-8-7-16-5-3-4-6-19(16)24(30)22(21)23(20)27-35(31,32)29(2)14-18-15-33-9-10-34-18/h3-8,11-13,18H,9-10,14-15H2,1-2H3,(H,25,27)/t18-/m1/s1. The number of hydrogen-bond donors (Lipinski definition) is 1. The molecule has 1 atom stereocenters. The van der Waals surface area contributed by atoms with E-state index in [1.807, 2.05) is 12.1 Å². The van der Waals surface area contributed by atoms with Crippen molar-refractivity contribution >= 4 is 37.6 Å². The molecular formula is C24H25N5O5S. The van der Waals surface area contributed by atoms with E-state index in [0.29, 0.717) is 41.9 Å². The van der Waals surface area contributed by atoms with Crippen molar-refractivity contribution in [2.75, 3.05) is 38.1 Å². The molecule has 5 rings (SSSR count). The number of hydrogen-bond acceptors (Lipinski definition) is 7. The normalized spacial score (nSPS) is 16.7. The van der Waals surface area contributed by atoms with Gasteiger partial charge in [0.05, 0.1) is 48.7 Å². The minimum Gasteiger partial charge on any atom is -0.376 e. The maximum atomic E-state index is 13.7. The van der Waals surface area contributed by atoms with Gasteiger partial charge in [-0.3, -0.25) is 19.2 Å². The number of likely N-dealkylation sites (N-methyl/N-ethyl adjacent to an activating group) is 1. The monoisotopic (exact) mass is 495 g/mol. The van der Waals surface area contributed by atoms with Crippen molar-refractivity contribution in [1.82, 2.24) is 19.1 Å². The number of rotatable bonds is 6. The molecule has 3 heterocycles. The number of ether oxygens (including phenoxy) is 2. The van der Waals surface area contributed by atoms with Crippen molar-refractivity contribution in [3.8, 4) is 11.1 Å². The summed E-state index contributed by atoms with van der Waals surface area (Å²) in [5.41, 5.74) is 1.29. The molecule has 0 saturated carbocycles. The van der Waals surface area contributed by atoms with Gasteiger partial charge in [-0.15, -0.1) is 0 Å². The molecular weight excluding hydrogens is 470 g/mol. The predicted molar refractivity (Wildman–Crippen MR) is 133 cm³/mol. The van der Waals surface area contributed by atoms with Crippen LogP contribution in [-0.2, 0) is 26.7 Å². The first-order valence-electron chi connectivity index (χ1n) is 11.1. The lowest BCUT2D eigenvalue weighted by Crippen LogP contribution is -2.42. The highest BCUT2D eigenvalue weighted by Gasteiger charge is 2.27. The Morgan fingerprint density at radius 2 is 2.00 bits per heavy atom. The number of nitrogens with one attached hydrogen (secondary N) is 1. The molecule has 0 amide bonds. The number of fused-ring (bicyclic) bond motifs is 2. The van der Waals surface area contributed by atoms with Crippen molar-refractivity contribution in [3.05, 3.63) is 65.2 Å². The molecule has 10 nitrogen and oxygen atoms in total. The Morgan fingerprint density at radius 3 is 2.74 bits per heavy atom. The van der Waals surface area contributed by atoms with Gasteiger partial charge in [0.25, 0.3) is 0 Å². The van der Waals surface area contributed by atoms with E-state index in [-0.39, 0.29) is 29.2 Å². The van der Waals surface area contributed by atoms with Crippen LogP contribution in [0.25, 0.3) is 32.8 Å². The fourth-order valence-corrected chi connectivity index (χ4v) is 5.14. The summed E-state index contributed by atoms with van der Waals surface area (Å²) in [5.74, 6) is 0. The van der Waals surface area contributed by atoms with E-state index < -0.39 is 10.2 Å². The fraction of sp³-hybridized carbons (Fsp3) is 0.292. The molecule has 0 radical (unpaired) electrons. The fourth-order valence-electron chi connectivity index (χ4n) is 4.15. The molecule has 1 fully saturated rings. The van der Waals surface area contributed by atoms with E-state index >= 15 is 0 Å². The van der Waals surface area contributed by atoms with E-state index in [1.54, 1.807) is 54.6 Å². The zero-order valence-corrected chi connectivity index (χ0v) is 20.2. The number of pyridine rings is 1. The highest BCUT2D eigenvalue weighted by molar-refractivity contribution is 7.90. The minimum atomic E-state index is -4.07. The largest absolute Gasteiger partial charge is 0.376 e. The Kier molecular flexibility index (Phi) is 6.24. The van der Waals surface area contributed by atoms with Crippen molar-refractivity contribution in [2.45, 2.75) is 6.10 Å². The average molecular weight is 496 g/mol. The molecule has 1 saturated heterocycles. The SMILES string of the molecule is CN(C[C@@H]1COCCO1)S(=O)(=O)Nc1c(-c2cnn(C)c2)cnc2ccc3ccccc3c(=O)c12. The second kappa shape index (κ2) is 9.34. The summed E-state index contributed by atoms with van der Waals surface area (Å²) in [7, 11) is -0.849. The maximum absolute atomic E-state index is 13.7. The highest BCUT2D eigenvalue weighted by atomic mass is 32.2. The molecule has 1 aliphatic rings. The van der Waals surface area contributed by atoms with Crippen LogP contribution in [0.4, 0.5) is 5.69 Å². The second-order valence-electron chi connectivity index (χ2n) is 8.41. The molecule has 1 aliphatic heterocycles. The van der Waals surface area contributed by atoms with E-state index in [2.05, 4.69) is 14.8 Å². The van der Waals surface area contributed by atoms with Crippen LogP contribution in [0.3, 0.4) is 0 Å². The van der Waals surface area contributed by atoms with Gasteiger partial charge in [-0.05, 0) is 11.5 Å². The highest BCUT2D eigenvalue weighted by Crippen LogP contribution is 2.33. The van der Waals surface area contributed by atoms with Gasteiger partial charge >= 0.3 is 10.2 Å². The van der Waals surface area contributed by atoms with E-state index in [9.17, 15) is 13.2 Å². The number of aromatic nitrogens is 3. The molecule has 0 aliphatic carbocycles. The first-order valence-corrected chi connectivity index (χ1v) is 12.5. The van der Waals surface area contributed by atoms with Crippen LogP contribution in [0, 0.1) is 0 Å². The van der Waals surface area contributed by atoms with E-state index in [4.69, 9.17) is 9.47 Å². The van der Waals surface area contributed by atoms with Gasteiger partial charge in [-0.1, -0.05) is 30.3 Å². The third kappa shape index (κ3) is 4.63. The first kappa shape index (κ1) is 23.4. The van der Waals surface area contributed by atoms with Crippen molar-refractivity contribution < 1.29 is 17.9 Å². The van der Waals surface area contributed by atoms with Crippen molar-refractivity contribution in [1.29, 1.82) is 0 Å². The van der Waals surface area contributed by atoms with Gasteiger partial charge in [-0.25, -0.2) is 0 Å². The van der Waals surface area contributed by atoms with Crippen molar-refractivity contribution in [3.63, 3.8) is 0 Å². The number of aryl methyl sites for hydroxylation is 1. The third-order valence-corrected chi connectivity index (χ3v) is 7.40. The zero-order chi connectivity index (χ0) is 24.6. The summed E-state index contributed by atoms with van der Waals surface area (Å²) in [5, 5.41) is 5.58. The lowest BCUT2D eigenvalue weighted by atomic mass is 10.1. The first-order chi connectivity index (χ1) is 16.8. The molecule has 4 aromatic rings. The van der Waals surface area contributed by atoms with Crippen LogP contribution >= 0.6 is 0 Å². The average Bonchev–Trinajstić information content (AvgIpc) is 3.22. The van der Waals surface area contributed by atoms with Crippen LogP contribution in [0.2, 0.25) is 0 Å². The molecule has 2 aromatic heterocycles. The van der Waals surface area contributed by atoms with Gasteiger partial charge in [0.1, 0.15) is 0 Å². The van der Waals surface area contributed by atoms with Crippen LogP contribution in [0.15, 0.2) is 59.8 Å². The van der Waals surface area contributed by atoms with Gasteiger partial charge in [0.2, 0.25) is 0 Å². The number of nitrogens with zero attached hydrogens (tertiary/aromatic N) is 4. The van der Waals surface area contributed by atoms with Gasteiger partial charge < -0.3 is 9.47 Å². The van der Waals surface area contributed by atoms with Gasteiger partial charge in [0.15, 0.2) is 5.43 Å². The molecule has 1 N–H and O–H groups in total. The molecule has 0 spiro atoms. The van der Waals surface area contributed by atoms with E-state index in [1.165, 1.54) is 7.05 Å². The predicted octanol–water partition coefficient (Wildman–Crippen LogP) is 2.15. The summed E-state index contributed by atoms with van der Waals surface area (Å²) in [6.45, 7) is 1.31. The Balaban J connectivity index is 1.68. The Bertz CT molecular complexity index is 1560. The molecule has 182 valence electrons.